The first-order chi connectivity index (χ1) is 8.33. The van der Waals surface area contributed by atoms with Crippen LogP contribution in [-0.4, -0.2) is 30.8 Å². The highest BCUT2D eigenvalue weighted by molar-refractivity contribution is 5.44. The van der Waals surface area contributed by atoms with Gasteiger partial charge in [0, 0.05) is 25.9 Å². The average molecular weight is 231 g/mol. The van der Waals surface area contributed by atoms with E-state index in [1.54, 1.807) is 12.3 Å². The molecule has 2 heterocycles. The lowest BCUT2D eigenvalue weighted by molar-refractivity contribution is 0.115. The summed E-state index contributed by atoms with van der Waals surface area (Å²) in [4.78, 5) is 6.48. The monoisotopic (exact) mass is 231 g/mol. The fraction of sp³-hybridized carbons (Fsp3) is 0.538. The molecule has 0 amide bonds. The van der Waals surface area contributed by atoms with Crippen LogP contribution in [0.3, 0.4) is 0 Å². The molecule has 1 aromatic heterocycles. The summed E-state index contributed by atoms with van der Waals surface area (Å²) in [5.74, 6) is 0.863. The SMILES string of the molecule is CCN(CC1CCCO1)c1cc(C#N)ccn1. The van der Waals surface area contributed by atoms with E-state index in [4.69, 9.17) is 10.00 Å². The molecule has 0 spiro atoms. The van der Waals surface area contributed by atoms with E-state index in [2.05, 4.69) is 22.9 Å². The van der Waals surface area contributed by atoms with Gasteiger partial charge in [-0.1, -0.05) is 0 Å². The third-order valence-corrected chi connectivity index (χ3v) is 3.03. The fourth-order valence-corrected chi connectivity index (χ4v) is 2.08. The highest BCUT2D eigenvalue weighted by atomic mass is 16.5. The Kier molecular flexibility index (Phi) is 3.94. The number of anilines is 1. The lowest BCUT2D eigenvalue weighted by atomic mass is 10.2. The molecule has 0 N–H and O–H groups in total. The molecule has 0 saturated carbocycles. The van der Waals surface area contributed by atoms with E-state index >= 15 is 0 Å². The van der Waals surface area contributed by atoms with E-state index < -0.39 is 0 Å². The molecule has 0 bridgehead atoms. The lowest BCUT2D eigenvalue weighted by Gasteiger charge is -2.24. The Balaban J connectivity index is 2.08. The van der Waals surface area contributed by atoms with Crippen molar-refractivity contribution in [3.8, 4) is 6.07 Å². The third-order valence-electron chi connectivity index (χ3n) is 3.03. The number of likely N-dealkylation sites (N-methyl/N-ethyl adjacent to an activating group) is 1. The minimum absolute atomic E-state index is 0.308. The molecular formula is C13H17N3O. The van der Waals surface area contributed by atoms with Crippen molar-refractivity contribution in [1.29, 1.82) is 5.26 Å². The van der Waals surface area contributed by atoms with Crippen molar-refractivity contribution in [2.24, 2.45) is 0 Å². The normalized spacial score (nSPS) is 18.9. The van der Waals surface area contributed by atoms with E-state index in [1.165, 1.54) is 0 Å². The molecule has 0 radical (unpaired) electrons. The Morgan fingerprint density at radius 2 is 2.53 bits per heavy atom. The molecule has 1 aromatic rings. The van der Waals surface area contributed by atoms with E-state index in [0.717, 1.165) is 38.4 Å². The van der Waals surface area contributed by atoms with E-state index in [0.29, 0.717) is 11.7 Å². The van der Waals surface area contributed by atoms with Crippen LogP contribution >= 0.6 is 0 Å². The minimum Gasteiger partial charge on any atom is -0.376 e. The van der Waals surface area contributed by atoms with Crippen LogP contribution in [0.1, 0.15) is 25.3 Å². The molecule has 90 valence electrons. The van der Waals surface area contributed by atoms with Crippen LogP contribution in [0, 0.1) is 11.3 Å². The number of pyridine rings is 1. The molecule has 1 atom stereocenters. The summed E-state index contributed by atoms with van der Waals surface area (Å²) in [6.45, 7) is 4.70. The summed E-state index contributed by atoms with van der Waals surface area (Å²) in [6.07, 6.45) is 4.26. The zero-order valence-corrected chi connectivity index (χ0v) is 10.1. The molecule has 1 fully saturated rings. The molecule has 1 aliphatic rings. The zero-order chi connectivity index (χ0) is 12.1. The fourth-order valence-electron chi connectivity index (χ4n) is 2.08. The Hall–Kier alpha value is -1.60. The molecular weight excluding hydrogens is 214 g/mol. The van der Waals surface area contributed by atoms with Gasteiger partial charge < -0.3 is 9.64 Å². The summed E-state index contributed by atoms with van der Waals surface area (Å²) in [7, 11) is 0. The predicted molar refractivity (Wildman–Crippen MR) is 65.8 cm³/mol. The molecule has 0 aliphatic carbocycles. The summed E-state index contributed by atoms with van der Waals surface area (Å²) in [5.41, 5.74) is 0.654. The van der Waals surface area contributed by atoms with Crippen LogP contribution in [0.4, 0.5) is 5.82 Å². The maximum Gasteiger partial charge on any atom is 0.129 e. The first-order valence-corrected chi connectivity index (χ1v) is 6.06. The van der Waals surface area contributed by atoms with Gasteiger partial charge in [-0.3, -0.25) is 0 Å². The quantitative estimate of drug-likeness (QED) is 0.794. The second kappa shape index (κ2) is 5.65. The van der Waals surface area contributed by atoms with Gasteiger partial charge in [0.2, 0.25) is 0 Å². The van der Waals surface area contributed by atoms with Crippen molar-refractivity contribution in [3.05, 3.63) is 23.9 Å². The Labute approximate surface area is 102 Å². The maximum atomic E-state index is 8.88. The van der Waals surface area contributed by atoms with Crippen LogP contribution in [0.5, 0.6) is 0 Å². The van der Waals surface area contributed by atoms with Gasteiger partial charge in [0.15, 0.2) is 0 Å². The minimum atomic E-state index is 0.308. The third kappa shape index (κ3) is 2.95. The summed E-state index contributed by atoms with van der Waals surface area (Å²) in [5, 5.41) is 8.88. The smallest absolute Gasteiger partial charge is 0.129 e. The number of rotatable bonds is 4. The second-order valence-electron chi connectivity index (χ2n) is 4.19. The number of hydrogen-bond donors (Lipinski definition) is 0. The van der Waals surface area contributed by atoms with E-state index in [9.17, 15) is 0 Å². The van der Waals surface area contributed by atoms with Gasteiger partial charge in [-0.15, -0.1) is 0 Å². The molecule has 4 nitrogen and oxygen atoms in total. The van der Waals surface area contributed by atoms with Crippen molar-refractivity contribution >= 4 is 5.82 Å². The van der Waals surface area contributed by atoms with Crippen LogP contribution in [0.25, 0.3) is 0 Å². The lowest BCUT2D eigenvalue weighted by Crippen LogP contribution is -2.32. The van der Waals surface area contributed by atoms with Gasteiger partial charge in [-0.05, 0) is 31.9 Å². The average Bonchev–Trinajstić information content (AvgIpc) is 2.89. The van der Waals surface area contributed by atoms with E-state index in [1.807, 2.05) is 6.07 Å². The first-order valence-electron chi connectivity index (χ1n) is 6.06. The van der Waals surface area contributed by atoms with Crippen LogP contribution in [0.15, 0.2) is 18.3 Å². The number of ether oxygens (including phenoxy) is 1. The van der Waals surface area contributed by atoms with Gasteiger partial charge >= 0.3 is 0 Å². The Morgan fingerprint density at radius 1 is 1.65 bits per heavy atom. The van der Waals surface area contributed by atoms with Crippen molar-refractivity contribution in [2.45, 2.75) is 25.9 Å². The van der Waals surface area contributed by atoms with E-state index in [-0.39, 0.29) is 0 Å². The van der Waals surface area contributed by atoms with Gasteiger partial charge in [-0.25, -0.2) is 4.98 Å². The highest BCUT2D eigenvalue weighted by Gasteiger charge is 2.19. The number of hydrogen-bond acceptors (Lipinski definition) is 4. The van der Waals surface area contributed by atoms with Gasteiger partial charge in [0.1, 0.15) is 5.82 Å². The highest BCUT2D eigenvalue weighted by Crippen LogP contribution is 2.17. The van der Waals surface area contributed by atoms with Crippen molar-refractivity contribution in [3.63, 3.8) is 0 Å². The summed E-state index contributed by atoms with van der Waals surface area (Å²) >= 11 is 0. The van der Waals surface area contributed by atoms with Crippen LogP contribution < -0.4 is 4.90 Å². The largest absolute Gasteiger partial charge is 0.376 e. The van der Waals surface area contributed by atoms with Crippen LogP contribution in [0.2, 0.25) is 0 Å². The Bertz CT molecular complexity index is 407. The predicted octanol–water partition coefficient (Wildman–Crippen LogP) is 1.96. The topological polar surface area (TPSA) is 49.1 Å². The first kappa shape index (κ1) is 11.9. The van der Waals surface area contributed by atoms with Gasteiger partial charge in [-0.2, -0.15) is 5.26 Å². The molecule has 17 heavy (non-hydrogen) atoms. The zero-order valence-electron chi connectivity index (χ0n) is 10.1. The number of nitriles is 1. The van der Waals surface area contributed by atoms with Gasteiger partial charge in [0.05, 0.1) is 17.7 Å². The summed E-state index contributed by atoms with van der Waals surface area (Å²) in [6, 6.07) is 5.70. The molecule has 0 aromatic carbocycles. The van der Waals surface area contributed by atoms with Crippen molar-refractivity contribution < 1.29 is 4.74 Å². The molecule has 1 unspecified atom stereocenters. The molecule has 1 aliphatic heterocycles. The standard InChI is InChI=1S/C13H17N3O/c1-2-16(10-12-4-3-7-17-12)13-8-11(9-14)5-6-15-13/h5-6,8,12H,2-4,7,10H2,1H3. The Morgan fingerprint density at radius 3 is 3.18 bits per heavy atom. The molecule has 4 heteroatoms. The second-order valence-corrected chi connectivity index (χ2v) is 4.19. The summed E-state index contributed by atoms with van der Waals surface area (Å²) < 4.78 is 5.63. The number of aromatic nitrogens is 1. The van der Waals surface area contributed by atoms with Crippen molar-refractivity contribution in [2.75, 3.05) is 24.6 Å². The number of nitrogens with zero attached hydrogens (tertiary/aromatic N) is 3. The van der Waals surface area contributed by atoms with Crippen LogP contribution in [-0.2, 0) is 4.74 Å². The maximum absolute atomic E-state index is 8.88. The molecule has 2 rings (SSSR count). The molecule has 1 saturated heterocycles. The van der Waals surface area contributed by atoms with Gasteiger partial charge in [0.25, 0.3) is 0 Å². The van der Waals surface area contributed by atoms with Crippen molar-refractivity contribution in [1.82, 2.24) is 4.98 Å².